The Labute approximate surface area is 86.5 Å². The van der Waals surface area contributed by atoms with Crippen LogP contribution >= 0.6 is 11.6 Å². The van der Waals surface area contributed by atoms with Crippen LogP contribution in [0.15, 0.2) is 16.9 Å². The number of aromatic nitrogens is 2. The molecule has 0 unspecified atom stereocenters. The summed E-state index contributed by atoms with van der Waals surface area (Å²) in [6.45, 7) is 2.54. The van der Waals surface area contributed by atoms with Gasteiger partial charge in [0.2, 0.25) is 0 Å². The summed E-state index contributed by atoms with van der Waals surface area (Å²) in [6.07, 6.45) is 1.82. The average molecular weight is 215 g/mol. The van der Waals surface area contributed by atoms with Crippen LogP contribution in [0.3, 0.4) is 0 Å². The van der Waals surface area contributed by atoms with Gasteiger partial charge in [0.15, 0.2) is 0 Å². The first-order valence-corrected chi connectivity index (χ1v) is 4.81. The van der Waals surface area contributed by atoms with Crippen molar-refractivity contribution in [2.45, 2.75) is 26.3 Å². The van der Waals surface area contributed by atoms with Crippen LogP contribution in [-0.4, -0.2) is 15.0 Å². The topological polar surface area (TPSA) is 52.0 Å². The predicted octanol–water partition coefficient (Wildman–Crippen LogP) is 1.42. The number of halogens is 1. The zero-order chi connectivity index (χ0) is 10.6. The first-order valence-electron chi connectivity index (χ1n) is 4.43. The van der Waals surface area contributed by atoms with E-state index in [1.54, 1.807) is 0 Å². The molecule has 0 saturated carbocycles. The van der Waals surface area contributed by atoms with Crippen LogP contribution in [0, 0.1) is 0 Å². The Morgan fingerprint density at radius 1 is 1.57 bits per heavy atom. The molecule has 0 spiro atoms. The van der Waals surface area contributed by atoms with Gasteiger partial charge in [0, 0.05) is 12.6 Å². The molecule has 0 N–H and O–H groups in total. The second-order valence-electron chi connectivity index (χ2n) is 2.91. The number of hydrogen-bond acceptors (Lipinski definition) is 3. The number of hydrogen-bond donors (Lipinski definition) is 0. The summed E-state index contributed by atoms with van der Waals surface area (Å²) < 4.78 is 1.26. The Balaban J connectivity index is 2.96. The largest absolute Gasteiger partial charge is 0.274 e. The van der Waals surface area contributed by atoms with Gasteiger partial charge in [-0.2, -0.15) is 5.10 Å². The second kappa shape index (κ2) is 4.91. The maximum Gasteiger partial charge on any atom is 0.272 e. The van der Waals surface area contributed by atoms with E-state index < -0.39 is 5.24 Å². The molecule has 0 saturated heterocycles. The molecule has 0 bridgehead atoms. The number of aryl methyl sites for hydroxylation is 1. The molecule has 0 aliphatic rings. The zero-order valence-electron chi connectivity index (χ0n) is 7.86. The Hall–Kier alpha value is -1.16. The van der Waals surface area contributed by atoms with Crippen molar-refractivity contribution in [3.63, 3.8) is 0 Å². The summed E-state index contributed by atoms with van der Waals surface area (Å²) in [5.41, 5.74) is -0.0949. The number of unbranched alkanes of at least 4 members (excludes halogenated alkanes) is 1. The molecule has 0 aromatic carbocycles. The van der Waals surface area contributed by atoms with Crippen molar-refractivity contribution in [2.24, 2.45) is 0 Å². The predicted molar refractivity (Wildman–Crippen MR) is 53.6 cm³/mol. The molecule has 0 radical (unpaired) electrons. The summed E-state index contributed by atoms with van der Waals surface area (Å²) in [7, 11) is 0. The fourth-order valence-corrected chi connectivity index (χ4v) is 1.12. The molecule has 76 valence electrons. The Kier molecular flexibility index (Phi) is 3.83. The lowest BCUT2D eigenvalue weighted by atomic mass is 10.3. The van der Waals surface area contributed by atoms with Crippen molar-refractivity contribution in [2.75, 3.05) is 0 Å². The van der Waals surface area contributed by atoms with E-state index in [2.05, 4.69) is 5.10 Å². The highest BCUT2D eigenvalue weighted by Crippen LogP contribution is 1.97. The highest BCUT2D eigenvalue weighted by atomic mass is 35.5. The molecule has 0 amide bonds. The quantitative estimate of drug-likeness (QED) is 0.713. The van der Waals surface area contributed by atoms with Gasteiger partial charge in [0.1, 0.15) is 5.69 Å². The van der Waals surface area contributed by atoms with Gasteiger partial charge >= 0.3 is 0 Å². The van der Waals surface area contributed by atoms with Crippen LogP contribution in [-0.2, 0) is 6.54 Å². The van der Waals surface area contributed by atoms with Crippen LogP contribution in [0.4, 0.5) is 0 Å². The fourth-order valence-electron chi connectivity index (χ4n) is 1.02. The average Bonchev–Trinajstić information content (AvgIpc) is 2.16. The molecule has 14 heavy (non-hydrogen) atoms. The maximum atomic E-state index is 11.2. The van der Waals surface area contributed by atoms with Gasteiger partial charge in [-0.15, -0.1) is 0 Å². The molecule has 1 aromatic rings. The van der Waals surface area contributed by atoms with Crippen molar-refractivity contribution < 1.29 is 4.79 Å². The summed E-state index contributed by atoms with van der Waals surface area (Å²) in [4.78, 5) is 22.0. The van der Waals surface area contributed by atoms with Crippen LogP contribution in [0.5, 0.6) is 0 Å². The monoisotopic (exact) mass is 214 g/mol. The summed E-state index contributed by atoms with van der Waals surface area (Å²) >= 11 is 5.24. The lowest BCUT2D eigenvalue weighted by molar-refractivity contribution is 0.107. The first kappa shape index (κ1) is 10.9. The van der Waals surface area contributed by atoms with E-state index in [4.69, 9.17) is 11.6 Å². The Morgan fingerprint density at radius 2 is 2.29 bits per heavy atom. The van der Waals surface area contributed by atoms with E-state index in [9.17, 15) is 9.59 Å². The van der Waals surface area contributed by atoms with Crippen molar-refractivity contribution in [1.82, 2.24) is 9.78 Å². The highest BCUT2D eigenvalue weighted by molar-refractivity contribution is 6.67. The summed E-state index contributed by atoms with van der Waals surface area (Å²) in [5, 5.41) is 3.19. The third-order valence-electron chi connectivity index (χ3n) is 1.79. The molecule has 1 heterocycles. The summed E-state index contributed by atoms with van der Waals surface area (Å²) in [6, 6.07) is 2.64. The Bertz CT molecular complexity index is 387. The van der Waals surface area contributed by atoms with Gasteiger partial charge < -0.3 is 0 Å². The van der Waals surface area contributed by atoms with Gasteiger partial charge in [-0.25, -0.2) is 4.68 Å². The van der Waals surface area contributed by atoms with E-state index >= 15 is 0 Å². The van der Waals surface area contributed by atoms with Gasteiger partial charge in [0.25, 0.3) is 10.8 Å². The van der Waals surface area contributed by atoms with E-state index in [-0.39, 0.29) is 11.3 Å². The van der Waals surface area contributed by atoms with Crippen molar-refractivity contribution in [3.8, 4) is 0 Å². The van der Waals surface area contributed by atoms with Gasteiger partial charge in [-0.1, -0.05) is 13.3 Å². The molecule has 0 fully saturated rings. The molecular formula is C9H11ClN2O2. The number of carbonyl (C=O) groups is 1. The van der Waals surface area contributed by atoms with Crippen LogP contribution in [0.2, 0.25) is 0 Å². The normalized spacial score (nSPS) is 10.1. The van der Waals surface area contributed by atoms with E-state index in [0.717, 1.165) is 12.8 Å². The highest BCUT2D eigenvalue weighted by Gasteiger charge is 2.05. The van der Waals surface area contributed by atoms with Crippen LogP contribution in [0.1, 0.15) is 30.3 Å². The Morgan fingerprint density at radius 3 is 2.86 bits per heavy atom. The van der Waals surface area contributed by atoms with Crippen LogP contribution in [0.25, 0.3) is 0 Å². The van der Waals surface area contributed by atoms with Crippen molar-refractivity contribution in [3.05, 3.63) is 28.2 Å². The van der Waals surface area contributed by atoms with Gasteiger partial charge in [-0.3, -0.25) is 9.59 Å². The molecule has 5 heteroatoms. The molecule has 0 aliphatic heterocycles. The minimum absolute atomic E-state index is 0.113. The van der Waals surface area contributed by atoms with Gasteiger partial charge in [0.05, 0.1) is 0 Å². The second-order valence-corrected chi connectivity index (χ2v) is 3.25. The molecule has 0 atom stereocenters. The molecule has 1 rings (SSSR count). The number of nitrogens with zero attached hydrogens (tertiary/aromatic N) is 2. The van der Waals surface area contributed by atoms with Crippen LogP contribution < -0.4 is 5.56 Å². The zero-order valence-corrected chi connectivity index (χ0v) is 8.62. The van der Waals surface area contributed by atoms with E-state index in [1.165, 1.54) is 16.8 Å². The smallest absolute Gasteiger partial charge is 0.272 e. The molecule has 4 nitrogen and oxygen atoms in total. The standard InChI is InChI=1S/C9H11ClN2O2/c1-2-3-6-12-8(13)5-4-7(11-12)9(10)14/h4-5H,2-3,6H2,1H3. The maximum absolute atomic E-state index is 11.2. The third-order valence-corrected chi connectivity index (χ3v) is 1.99. The minimum atomic E-state index is -0.643. The lowest BCUT2D eigenvalue weighted by Crippen LogP contribution is -2.23. The van der Waals surface area contributed by atoms with E-state index in [1.807, 2.05) is 6.92 Å². The number of carbonyl (C=O) groups excluding carboxylic acids is 1. The number of rotatable bonds is 4. The molecule has 1 aromatic heterocycles. The van der Waals surface area contributed by atoms with Crippen molar-refractivity contribution >= 4 is 16.8 Å². The summed E-state index contributed by atoms with van der Waals surface area (Å²) in [5.74, 6) is 0. The van der Waals surface area contributed by atoms with E-state index in [0.29, 0.717) is 6.54 Å². The van der Waals surface area contributed by atoms with Crippen molar-refractivity contribution in [1.29, 1.82) is 0 Å². The molecule has 0 aliphatic carbocycles. The first-order chi connectivity index (χ1) is 6.65. The lowest BCUT2D eigenvalue weighted by Gasteiger charge is -2.03. The molecular weight excluding hydrogens is 204 g/mol. The third kappa shape index (κ3) is 2.67. The minimum Gasteiger partial charge on any atom is -0.274 e. The SMILES string of the molecule is CCCCn1nc(C(=O)Cl)ccc1=O. The fraction of sp³-hybridized carbons (Fsp3) is 0.444. The van der Waals surface area contributed by atoms with Gasteiger partial charge in [-0.05, 0) is 24.1 Å².